The Morgan fingerprint density at radius 1 is 1.38 bits per heavy atom. The Balaban J connectivity index is 1.96. The van der Waals surface area contributed by atoms with Gasteiger partial charge in [0.25, 0.3) is 0 Å². The first kappa shape index (κ1) is 18.0. The third-order valence-corrected chi connectivity index (χ3v) is 3.36. The number of aliphatic imine (C=N–C) groups is 1. The van der Waals surface area contributed by atoms with Gasteiger partial charge in [-0.05, 0) is 18.2 Å². The van der Waals surface area contributed by atoms with E-state index in [4.69, 9.17) is 11.6 Å². The van der Waals surface area contributed by atoms with E-state index in [0.29, 0.717) is 23.1 Å². The van der Waals surface area contributed by atoms with E-state index in [1.54, 1.807) is 24.0 Å². The van der Waals surface area contributed by atoms with E-state index >= 15 is 0 Å². The molecule has 0 unspecified atom stereocenters. The van der Waals surface area contributed by atoms with Crippen LogP contribution in [0.15, 0.2) is 35.6 Å². The summed E-state index contributed by atoms with van der Waals surface area (Å²) < 4.78 is 31.1. The minimum Gasteiger partial charge on any atom is -0.434 e. The van der Waals surface area contributed by atoms with Gasteiger partial charge in [0.2, 0.25) is 0 Å². The molecule has 1 aromatic heterocycles. The van der Waals surface area contributed by atoms with Crippen molar-refractivity contribution in [2.45, 2.75) is 19.7 Å². The lowest BCUT2D eigenvalue weighted by atomic mass is 10.2. The molecule has 9 heteroatoms. The first-order chi connectivity index (χ1) is 11.5. The van der Waals surface area contributed by atoms with Crippen LogP contribution < -0.4 is 15.4 Å². The molecule has 0 aliphatic carbocycles. The summed E-state index contributed by atoms with van der Waals surface area (Å²) in [6.45, 7) is -2.13. The van der Waals surface area contributed by atoms with Gasteiger partial charge in [-0.15, -0.1) is 0 Å². The molecule has 130 valence electrons. The van der Waals surface area contributed by atoms with Gasteiger partial charge in [-0.2, -0.15) is 13.9 Å². The van der Waals surface area contributed by atoms with Gasteiger partial charge in [0.15, 0.2) is 5.96 Å². The van der Waals surface area contributed by atoms with Crippen LogP contribution in [0.4, 0.5) is 8.78 Å². The lowest BCUT2D eigenvalue weighted by Gasteiger charge is -2.14. The topological polar surface area (TPSA) is 63.5 Å². The van der Waals surface area contributed by atoms with Crippen molar-refractivity contribution in [3.63, 3.8) is 0 Å². The SMILES string of the molecule is CN=C(NCc1cnn(C)c1)NCc1cc(Cl)ccc1OC(F)F. The second kappa shape index (κ2) is 8.49. The molecule has 2 rings (SSSR count). The monoisotopic (exact) mass is 357 g/mol. The van der Waals surface area contributed by atoms with Crippen LogP contribution in [-0.4, -0.2) is 29.4 Å². The standard InChI is InChI=1S/C15H18ClF2N5O/c1-19-15(20-6-10-7-22-23(2)9-10)21-8-11-5-12(16)3-4-13(11)24-14(17)18/h3-5,7,9,14H,6,8H2,1-2H3,(H2,19,20,21). The van der Waals surface area contributed by atoms with Gasteiger partial charge in [-0.25, -0.2) is 0 Å². The predicted molar refractivity (Wildman–Crippen MR) is 88.3 cm³/mol. The van der Waals surface area contributed by atoms with Crippen LogP contribution in [0.1, 0.15) is 11.1 Å². The fraction of sp³-hybridized carbons (Fsp3) is 0.333. The fourth-order valence-corrected chi connectivity index (χ4v) is 2.24. The first-order valence-electron chi connectivity index (χ1n) is 7.13. The molecule has 0 fully saturated rings. The second-order valence-corrected chi connectivity index (χ2v) is 5.37. The highest BCUT2D eigenvalue weighted by atomic mass is 35.5. The van der Waals surface area contributed by atoms with Crippen molar-refractivity contribution < 1.29 is 13.5 Å². The number of benzene rings is 1. The van der Waals surface area contributed by atoms with Crippen molar-refractivity contribution in [1.29, 1.82) is 0 Å². The zero-order valence-electron chi connectivity index (χ0n) is 13.3. The predicted octanol–water partition coefficient (Wildman–Crippen LogP) is 2.54. The van der Waals surface area contributed by atoms with Crippen LogP contribution >= 0.6 is 11.6 Å². The molecule has 0 saturated heterocycles. The van der Waals surface area contributed by atoms with Gasteiger partial charge < -0.3 is 15.4 Å². The maximum atomic E-state index is 12.5. The number of hydrogen-bond acceptors (Lipinski definition) is 3. The number of aromatic nitrogens is 2. The maximum absolute atomic E-state index is 12.5. The molecule has 0 atom stereocenters. The number of rotatable bonds is 6. The third kappa shape index (κ3) is 5.38. The third-order valence-electron chi connectivity index (χ3n) is 3.13. The van der Waals surface area contributed by atoms with E-state index in [1.807, 2.05) is 13.2 Å². The zero-order valence-corrected chi connectivity index (χ0v) is 14.0. The Morgan fingerprint density at radius 2 is 2.12 bits per heavy atom. The largest absolute Gasteiger partial charge is 0.434 e. The highest BCUT2D eigenvalue weighted by molar-refractivity contribution is 6.30. The molecule has 0 bridgehead atoms. The number of aryl methyl sites for hydroxylation is 1. The van der Waals surface area contributed by atoms with Gasteiger partial charge in [0, 0.05) is 49.5 Å². The molecular weight excluding hydrogens is 340 g/mol. The lowest BCUT2D eigenvalue weighted by molar-refractivity contribution is -0.0504. The quantitative estimate of drug-likeness (QED) is 0.616. The van der Waals surface area contributed by atoms with Crippen molar-refractivity contribution in [3.8, 4) is 5.75 Å². The van der Waals surface area contributed by atoms with E-state index < -0.39 is 6.61 Å². The molecule has 0 saturated carbocycles. The lowest BCUT2D eigenvalue weighted by Crippen LogP contribution is -2.36. The van der Waals surface area contributed by atoms with Gasteiger partial charge >= 0.3 is 6.61 Å². The average molecular weight is 358 g/mol. The van der Waals surface area contributed by atoms with Crippen molar-refractivity contribution in [2.24, 2.45) is 12.0 Å². The molecule has 2 N–H and O–H groups in total. The van der Waals surface area contributed by atoms with Crippen LogP contribution in [0.5, 0.6) is 5.75 Å². The number of guanidine groups is 1. The molecular formula is C15H18ClF2N5O. The summed E-state index contributed by atoms with van der Waals surface area (Å²) in [4.78, 5) is 4.08. The summed E-state index contributed by atoms with van der Waals surface area (Å²) in [5, 5.41) is 10.7. The summed E-state index contributed by atoms with van der Waals surface area (Å²) in [5.74, 6) is 0.589. The van der Waals surface area contributed by atoms with Crippen LogP contribution in [0.2, 0.25) is 5.02 Å². The van der Waals surface area contributed by atoms with Gasteiger partial charge in [-0.3, -0.25) is 9.67 Å². The van der Waals surface area contributed by atoms with Crippen molar-refractivity contribution >= 4 is 17.6 Å². The minimum absolute atomic E-state index is 0.0737. The van der Waals surface area contributed by atoms with Gasteiger partial charge in [-0.1, -0.05) is 11.6 Å². The Kier molecular flexibility index (Phi) is 6.36. The van der Waals surface area contributed by atoms with Crippen LogP contribution in [0.3, 0.4) is 0 Å². The highest BCUT2D eigenvalue weighted by Crippen LogP contribution is 2.24. The Morgan fingerprint density at radius 3 is 2.75 bits per heavy atom. The summed E-state index contributed by atoms with van der Waals surface area (Å²) in [6, 6.07) is 4.48. The number of hydrogen-bond donors (Lipinski definition) is 2. The normalized spacial score (nSPS) is 11.7. The molecule has 1 heterocycles. The van der Waals surface area contributed by atoms with Crippen LogP contribution in [0, 0.1) is 0 Å². The Labute approximate surface area is 143 Å². The molecule has 0 aliphatic rings. The van der Waals surface area contributed by atoms with E-state index in [2.05, 4.69) is 25.5 Å². The molecule has 0 amide bonds. The molecule has 2 aromatic rings. The summed E-state index contributed by atoms with van der Waals surface area (Å²) in [7, 11) is 3.45. The zero-order chi connectivity index (χ0) is 17.5. The first-order valence-corrected chi connectivity index (χ1v) is 7.51. The maximum Gasteiger partial charge on any atom is 0.387 e. The smallest absolute Gasteiger partial charge is 0.387 e. The van der Waals surface area contributed by atoms with E-state index in [0.717, 1.165) is 5.56 Å². The Hall–Kier alpha value is -2.35. The molecule has 6 nitrogen and oxygen atoms in total. The average Bonchev–Trinajstić information content (AvgIpc) is 2.95. The van der Waals surface area contributed by atoms with Crippen molar-refractivity contribution in [1.82, 2.24) is 20.4 Å². The van der Waals surface area contributed by atoms with E-state index in [-0.39, 0.29) is 12.3 Å². The molecule has 0 spiro atoms. The van der Waals surface area contributed by atoms with Gasteiger partial charge in [0.05, 0.1) is 6.20 Å². The minimum atomic E-state index is -2.90. The Bertz CT molecular complexity index is 705. The van der Waals surface area contributed by atoms with E-state index in [1.165, 1.54) is 12.1 Å². The number of ether oxygens (including phenoxy) is 1. The molecule has 0 radical (unpaired) electrons. The van der Waals surface area contributed by atoms with Gasteiger partial charge in [0.1, 0.15) is 5.75 Å². The summed E-state index contributed by atoms with van der Waals surface area (Å²) in [5.41, 5.74) is 1.50. The second-order valence-electron chi connectivity index (χ2n) is 4.93. The molecule has 24 heavy (non-hydrogen) atoms. The molecule has 1 aromatic carbocycles. The van der Waals surface area contributed by atoms with Crippen LogP contribution in [0.25, 0.3) is 0 Å². The van der Waals surface area contributed by atoms with E-state index in [9.17, 15) is 8.78 Å². The summed E-state index contributed by atoms with van der Waals surface area (Å²) >= 11 is 5.92. The number of nitrogens with one attached hydrogen (secondary N) is 2. The highest BCUT2D eigenvalue weighted by Gasteiger charge is 2.11. The number of halogens is 3. The fourth-order valence-electron chi connectivity index (χ4n) is 2.05. The number of alkyl halides is 2. The van der Waals surface area contributed by atoms with Crippen LogP contribution in [-0.2, 0) is 20.1 Å². The van der Waals surface area contributed by atoms with Crippen molar-refractivity contribution in [2.75, 3.05) is 7.05 Å². The van der Waals surface area contributed by atoms with Crippen molar-refractivity contribution in [3.05, 3.63) is 46.7 Å². The number of nitrogens with zero attached hydrogens (tertiary/aromatic N) is 3. The molecule has 0 aliphatic heterocycles. The summed E-state index contributed by atoms with van der Waals surface area (Å²) in [6.07, 6.45) is 3.62.